The molecule has 88 valence electrons. The van der Waals surface area contributed by atoms with E-state index < -0.39 is 5.60 Å². The van der Waals surface area contributed by atoms with Crippen LogP contribution in [0, 0.1) is 5.92 Å². The van der Waals surface area contributed by atoms with E-state index in [1.54, 1.807) is 25.8 Å². The molecule has 0 bridgehead atoms. The Hall–Kier alpha value is -0.570. The van der Waals surface area contributed by atoms with E-state index in [0.717, 1.165) is 0 Å². The summed E-state index contributed by atoms with van der Waals surface area (Å²) < 4.78 is 0. The van der Waals surface area contributed by atoms with E-state index in [2.05, 4.69) is 0 Å². The summed E-state index contributed by atoms with van der Waals surface area (Å²) in [6.45, 7) is 3.87. The van der Waals surface area contributed by atoms with Gasteiger partial charge in [0.1, 0.15) is 0 Å². The van der Waals surface area contributed by atoms with Crippen molar-refractivity contribution in [2.24, 2.45) is 5.92 Å². The fourth-order valence-corrected chi connectivity index (χ4v) is 2.29. The molecular formula is C12H23NO2. The van der Waals surface area contributed by atoms with Crippen molar-refractivity contribution < 1.29 is 9.90 Å². The Morgan fingerprint density at radius 2 is 1.93 bits per heavy atom. The second-order valence-corrected chi connectivity index (χ2v) is 5.42. The molecule has 3 nitrogen and oxygen atoms in total. The first-order valence-corrected chi connectivity index (χ1v) is 5.85. The van der Waals surface area contributed by atoms with Crippen molar-refractivity contribution in [2.45, 2.75) is 51.6 Å². The molecule has 0 radical (unpaired) electrons. The summed E-state index contributed by atoms with van der Waals surface area (Å²) in [7, 11) is 1.77. The lowest BCUT2D eigenvalue weighted by molar-refractivity contribution is -0.133. The van der Waals surface area contributed by atoms with Gasteiger partial charge in [-0.25, -0.2) is 0 Å². The van der Waals surface area contributed by atoms with Crippen molar-refractivity contribution >= 4 is 5.91 Å². The highest BCUT2D eigenvalue weighted by Gasteiger charge is 2.23. The van der Waals surface area contributed by atoms with Gasteiger partial charge in [-0.15, -0.1) is 0 Å². The summed E-state index contributed by atoms with van der Waals surface area (Å²) in [5.41, 5.74) is -0.792. The van der Waals surface area contributed by atoms with Crippen LogP contribution in [0.25, 0.3) is 0 Å². The van der Waals surface area contributed by atoms with Gasteiger partial charge in [-0.05, 0) is 32.6 Å². The molecule has 0 aromatic heterocycles. The van der Waals surface area contributed by atoms with Crippen LogP contribution in [0.3, 0.4) is 0 Å². The summed E-state index contributed by atoms with van der Waals surface area (Å²) in [4.78, 5) is 13.4. The molecule has 0 heterocycles. The Labute approximate surface area is 92.5 Å². The number of hydrogen-bond donors (Lipinski definition) is 1. The Bertz CT molecular complexity index is 214. The molecule has 1 rings (SSSR count). The summed E-state index contributed by atoms with van der Waals surface area (Å²) in [6, 6.07) is 0. The van der Waals surface area contributed by atoms with Gasteiger partial charge in [0, 0.05) is 20.0 Å². The predicted octanol–water partition coefficient (Wildman–Crippen LogP) is 1.80. The Balaban J connectivity index is 2.32. The SMILES string of the molecule is CN(CC(C)(C)O)C(=O)CC1CCCC1. The maximum absolute atomic E-state index is 11.8. The number of nitrogens with zero attached hydrogens (tertiary/aromatic N) is 1. The lowest BCUT2D eigenvalue weighted by Gasteiger charge is -2.26. The molecule has 15 heavy (non-hydrogen) atoms. The van der Waals surface area contributed by atoms with Gasteiger partial charge in [-0.1, -0.05) is 12.8 Å². The third-order valence-electron chi connectivity index (χ3n) is 2.99. The minimum Gasteiger partial charge on any atom is -0.389 e. The first kappa shape index (κ1) is 12.5. The maximum atomic E-state index is 11.8. The molecule has 1 saturated carbocycles. The van der Waals surface area contributed by atoms with Crippen LogP contribution >= 0.6 is 0 Å². The molecule has 1 aliphatic rings. The van der Waals surface area contributed by atoms with E-state index >= 15 is 0 Å². The summed E-state index contributed by atoms with van der Waals surface area (Å²) in [6.07, 6.45) is 5.59. The molecule has 0 unspecified atom stereocenters. The number of hydrogen-bond acceptors (Lipinski definition) is 2. The van der Waals surface area contributed by atoms with E-state index in [1.807, 2.05) is 0 Å². The average Bonchev–Trinajstić information content (AvgIpc) is 2.53. The molecule has 1 N–H and O–H groups in total. The van der Waals surface area contributed by atoms with Gasteiger partial charge in [0.25, 0.3) is 0 Å². The smallest absolute Gasteiger partial charge is 0.222 e. The van der Waals surface area contributed by atoms with Crippen LogP contribution in [0.4, 0.5) is 0 Å². The van der Waals surface area contributed by atoms with Crippen LogP contribution in [-0.4, -0.2) is 35.1 Å². The molecule has 0 aromatic carbocycles. The van der Waals surface area contributed by atoms with E-state index in [4.69, 9.17) is 0 Å². The molecule has 0 saturated heterocycles. The zero-order valence-electron chi connectivity index (χ0n) is 10.1. The molecule has 1 aliphatic carbocycles. The summed E-state index contributed by atoms with van der Waals surface area (Å²) in [5, 5.41) is 9.60. The first-order valence-electron chi connectivity index (χ1n) is 5.85. The zero-order valence-corrected chi connectivity index (χ0v) is 10.1. The van der Waals surface area contributed by atoms with Crippen LogP contribution < -0.4 is 0 Å². The third kappa shape index (κ3) is 4.65. The van der Waals surface area contributed by atoms with E-state index in [0.29, 0.717) is 18.9 Å². The summed E-state index contributed by atoms with van der Waals surface area (Å²) >= 11 is 0. The number of likely N-dealkylation sites (N-methyl/N-ethyl adjacent to an activating group) is 1. The lowest BCUT2D eigenvalue weighted by Crippen LogP contribution is -2.40. The van der Waals surface area contributed by atoms with Crippen LogP contribution in [0.15, 0.2) is 0 Å². The highest BCUT2D eigenvalue weighted by molar-refractivity contribution is 5.76. The van der Waals surface area contributed by atoms with Crippen molar-refractivity contribution in [2.75, 3.05) is 13.6 Å². The Morgan fingerprint density at radius 3 is 2.40 bits per heavy atom. The average molecular weight is 213 g/mol. The number of carbonyl (C=O) groups excluding carboxylic acids is 1. The topological polar surface area (TPSA) is 40.5 Å². The van der Waals surface area contributed by atoms with Crippen molar-refractivity contribution in [3.8, 4) is 0 Å². The molecule has 0 spiro atoms. The molecular weight excluding hydrogens is 190 g/mol. The van der Waals surface area contributed by atoms with Gasteiger partial charge in [-0.3, -0.25) is 4.79 Å². The maximum Gasteiger partial charge on any atom is 0.222 e. The van der Waals surface area contributed by atoms with Gasteiger partial charge in [0.05, 0.1) is 5.60 Å². The highest BCUT2D eigenvalue weighted by Crippen LogP contribution is 2.27. The first-order chi connectivity index (χ1) is 6.88. The van der Waals surface area contributed by atoms with E-state index in [9.17, 15) is 9.90 Å². The van der Waals surface area contributed by atoms with Gasteiger partial charge in [0.15, 0.2) is 0 Å². The quantitative estimate of drug-likeness (QED) is 0.773. The number of amides is 1. The Kier molecular flexibility index (Phi) is 4.14. The number of carbonyl (C=O) groups is 1. The van der Waals surface area contributed by atoms with Crippen molar-refractivity contribution in [1.82, 2.24) is 4.90 Å². The summed E-state index contributed by atoms with van der Waals surface area (Å²) in [5.74, 6) is 0.755. The van der Waals surface area contributed by atoms with Gasteiger partial charge >= 0.3 is 0 Å². The fraction of sp³-hybridized carbons (Fsp3) is 0.917. The minimum absolute atomic E-state index is 0.170. The number of rotatable bonds is 4. The van der Waals surface area contributed by atoms with Gasteiger partial charge in [0.2, 0.25) is 5.91 Å². The normalized spacial score (nSPS) is 18.1. The number of aliphatic hydroxyl groups is 1. The van der Waals surface area contributed by atoms with E-state index in [-0.39, 0.29) is 5.91 Å². The third-order valence-corrected chi connectivity index (χ3v) is 2.99. The highest BCUT2D eigenvalue weighted by atomic mass is 16.3. The standard InChI is InChI=1S/C12H23NO2/c1-12(2,15)9-13(3)11(14)8-10-6-4-5-7-10/h10,15H,4-9H2,1-3H3. The van der Waals surface area contributed by atoms with Crippen LogP contribution in [-0.2, 0) is 4.79 Å². The van der Waals surface area contributed by atoms with Gasteiger partial charge < -0.3 is 10.0 Å². The minimum atomic E-state index is -0.792. The van der Waals surface area contributed by atoms with Crippen molar-refractivity contribution in [3.05, 3.63) is 0 Å². The fourth-order valence-electron chi connectivity index (χ4n) is 2.29. The molecule has 3 heteroatoms. The van der Waals surface area contributed by atoms with Crippen LogP contribution in [0.1, 0.15) is 46.0 Å². The van der Waals surface area contributed by atoms with Crippen molar-refractivity contribution in [3.63, 3.8) is 0 Å². The zero-order chi connectivity index (χ0) is 11.5. The molecule has 0 aliphatic heterocycles. The molecule has 1 fully saturated rings. The van der Waals surface area contributed by atoms with Crippen LogP contribution in [0.5, 0.6) is 0 Å². The molecule has 1 amide bonds. The Morgan fingerprint density at radius 1 is 1.40 bits per heavy atom. The van der Waals surface area contributed by atoms with Crippen molar-refractivity contribution in [1.29, 1.82) is 0 Å². The van der Waals surface area contributed by atoms with Gasteiger partial charge in [-0.2, -0.15) is 0 Å². The van der Waals surface area contributed by atoms with E-state index in [1.165, 1.54) is 25.7 Å². The second-order valence-electron chi connectivity index (χ2n) is 5.42. The van der Waals surface area contributed by atoms with Crippen LogP contribution in [0.2, 0.25) is 0 Å². The lowest BCUT2D eigenvalue weighted by atomic mass is 10.0. The second kappa shape index (κ2) is 4.97. The molecule has 0 aromatic rings. The monoisotopic (exact) mass is 213 g/mol. The molecule has 0 atom stereocenters. The predicted molar refractivity (Wildman–Crippen MR) is 60.5 cm³/mol. The largest absolute Gasteiger partial charge is 0.389 e.